The van der Waals surface area contributed by atoms with Crippen molar-refractivity contribution in [2.24, 2.45) is 10.4 Å². The SMILES string of the molecule is C#Cc1cccc(NC(=O)CN=C(NCC)NCC2(CCO)CCCCC2)c1. The third-order valence-electron chi connectivity index (χ3n) is 5.23. The van der Waals surface area contributed by atoms with Gasteiger partial charge in [0.25, 0.3) is 0 Å². The Balaban J connectivity index is 1.93. The van der Waals surface area contributed by atoms with Gasteiger partial charge in [-0.3, -0.25) is 4.79 Å². The number of nitrogens with zero attached hydrogens (tertiary/aromatic N) is 1. The minimum Gasteiger partial charge on any atom is -0.396 e. The van der Waals surface area contributed by atoms with Crippen molar-refractivity contribution < 1.29 is 9.90 Å². The highest BCUT2D eigenvalue weighted by atomic mass is 16.3. The summed E-state index contributed by atoms with van der Waals surface area (Å²) in [6.07, 6.45) is 12.1. The number of aliphatic imine (C=N–C) groups is 1. The van der Waals surface area contributed by atoms with E-state index in [4.69, 9.17) is 6.42 Å². The quantitative estimate of drug-likeness (QED) is 0.315. The van der Waals surface area contributed by atoms with Gasteiger partial charge in [0.15, 0.2) is 5.96 Å². The summed E-state index contributed by atoms with van der Waals surface area (Å²) in [5.74, 6) is 2.98. The molecule has 0 unspecified atom stereocenters. The fourth-order valence-electron chi connectivity index (χ4n) is 3.71. The van der Waals surface area contributed by atoms with Crippen LogP contribution in [0.25, 0.3) is 0 Å². The fraction of sp³-hybridized carbons (Fsp3) is 0.545. The summed E-state index contributed by atoms with van der Waals surface area (Å²) in [4.78, 5) is 16.6. The van der Waals surface area contributed by atoms with E-state index in [1.807, 2.05) is 19.1 Å². The third-order valence-corrected chi connectivity index (χ3v) is 5.23. The van der Waals surface area contributed by atoms with Crippen LogP contribution in [0, 0.1) is 17.8 Å². The molecule has 0 radical (unpaired) electrons. The number of nitrogens with one attached hydrogen (secondary N) is 3. The average Bonchev–Trinajstić information content (AvgIpc) is 2.71. The predicted molar refractivity (Wildman–Crippen MR) is 114 cm³/mol. The van der Waals surface area contributed by atoms with Crippen LogP contribution in [0.3, 0.4) is 0 Å². The van der Waals surface area contributed by atoms with Crippen LogP contribution >= 0.6 is 0 Å². The predicted octanol–water partition coefficient (Wildman–Crippen LogP) is 2.49. The molecule has 1 aromatic rings. The van der Waals surface area contributed by atoms with Gasteiger partial charge in [0.2, 0.25) is 5.91 Å². The first-order valence-corrected chi connectivity index (χ1v) is 10.1. The lowest BCUT2D eigenvalue weighted by atomic mass is 9.72. The van der Waals surface area contributed by atoms with Crippen molar-refractivity contribution in [2.75, 3.05) is 31.6 Å². The average molecular weight is 385 g/mol. The summed E-state index contributed by atoms with van der Waals surface area (Å²) in [6.45, 7) is 3.68. The minimum absolute atomic E-state index is 0.0165. The van der Waals surface area contributed by atoms with Crippen LogP contribution in [-0.4, -0.2) is 43.2 Å². The molecule has 2 rings (SSSR count). The summed E-state index contributed by atoms with van der Waals surface area (Å²) in [5.41, 5.74) is 1.50. The molecule has 28 heavy (non-hydrogen) atoms. The second kappa shape index (κ2) is 11.4. The van der Waals surface area contributed by atoms with Crippen molar-refractivity contribution in [2.45, 2.75) is 45.4 Å². The van der Waals surface area contributed by atoms with Gasteiger partial charge in [-0.1, -0.05) is 31.2 Å². The van der Waals surface area contributed by atoms with E-state index in [0.29, 0.717) is 18.2 Å². The molecule has 0 heterocycles. The summed E-state index contributed by atoms with van der Waals surface area (Å²) >= 11 is 0. The Morgan fingerprint density at radius 1 is 1.29 bits per heavy atom. The number of benzene rings is 1. The molecule has 1 fully saturated rings. The lowest BCUT2D eigenvalue weighted by Crippen LogP contribution is -2.45. The Kier molecular flexibility index (Phi) is 8.83. The molecule has 1 aromatic carbocycles. The molecule has 0 bridgehead atoms. The maximum absolute atomic E-state index is 12.2. The smallest absolute Gasteiger partial charge is 0.246 e. The Morgan fingerprint density at radius 3 is 2.75 bits per heavy atom. The molecular weight excluding hydrogens is 352 g/mol. The first-order chi connectivity index (χ1) is 13.6. The van der Waals surface area contributed by atoms with Crippen molar-refractivity contribution in [1.29, 1.82) is 0 Å². The topological polar surface area (TPSA) is 85.8 Å². The van der Waals surface area contributed by atoms with E-state index in [1.165, 1.54) is 19.3 Å². The van der Waals surface area contributed by atoms with Gasteiger partial charge in [0.05, 0.1) is 0 Å². The van der Waals surface area contributed by atoms with Crippen molar-refractivity contribution >= 4 is 17.6 Å². The molecule has 1 saturated carbocycles. The maximum atomic E-state index is 12.2. The van der Waals surface area contributed by atoms with E-state index in [-0.39, 0.29) is 24.5 Å². The van der Waals surface area contributed by atoms with Crippen LogP contribution in [0.5, 0.6) is 0 Å². The van der Waals surface area contributed by atoms with Gasteiger partial charge in [0.1, 0.15) is 6.54 Å². The number of hydrogen-bond acceptors (Lipinski definition) is 3. The van der Waals surface area contributed by atoms with Gasteiger partial charge in [0, 0.05) is 30.9 Å². The number of guanidine groups is 1. The van der Waals surface area contributed by atoms with Gasteiger partial charge < -0.3 is 21.1 Å². The summed E-state index contributed by atoms with van der Waals surface area (Å²) in [6, 6.07) is 7.18. The van der Waals surface area contributed by atoms with Gasteiger partial charge >= 0.3 is 0 Å². The largest absolute Gasteiger partial charge is 0.396 e. The number of terminal acetylenes is 1. The number of anilines is 1. The van der Waals surface area contributed by atoms with E-state index < -0.39 is 0 Å². The highest BCUT2D eigenvalue weighted by Crippen LogP contribution is 2.38. The first-order valence-electron chi connectivity index (χ1n) is 10.1. The van der Waals surface area contributed by atoms with Crippen molar-refractivity contribution in [3.63, 3.8) is 0 Å². The number of amides is 1. The Morgan fingerprint density at radius 2 is 2.07 bits per heavy atom. The van der Waals surface area contributed by atoms with Crippen LogP contribution in [0.2, 0.25) is 0 Å². The zero-order valence-corrected chi connectivity index (χ0v) is 16.8. The molecule has 4 N–H and O–H groups in total. The third kappa shape index (κ3) is 6.90. The molecule has 152 valence electrons. The van der Waals surface area contributed by atoms with Gasteiger partial charge in [-0.15, -0.1) is 6.42 Å². The molecule has 0 atom stereocenters. The Bertz CT molecular complexity index is 697. The summed E-state index contributed by atoms with van der Waals surface area (Å²) < 4.78 is 0. The molecule has 1 aliphatic carbocycles. The molecule has 6 nitrogen and oxygen atoms in total. The number of carbonyl (C=O) groups is 1. The minimum atomic E-state index is -0.200. The maximum Gasteiger partial charge on any atom is 0.246 e. The second-order valence-electron chi connectivity index (χ2n) is 7.36. The van der Waals surface area contributed by atoms with Crippen LogP contribution in [0.4, 0.5) is 5.69 Å². The molecule has 0 aliphatic heterocycles. The van der Waals surface area contributed by atoms with Crippen molar-refractivity contribution in [1.82, 2.24) is 10.6 Å². The molecule has 0 spiro atoms. The van der Waals surface area contributed by atoms with Crippen LogP contribution in [0.1, 0.15) is 51.0 Å². The van der Waals surface area contributed by atoms with Crippen LogP contribution < -0.4 is 16.0 Å². The number of aliphatic hydroxyl groups excluding tert-OH is 1. The fourth-order valence-corrected chi connectivity index (χ4v) is 3.71. The number of aliphatic hydroxyl groups is 1. The van der Waals surface area contributed by atoms with E-state index in [9.17, 15) is 9.90 Å². The monoisotopic (exact) mass is 384 g/mol. The number of carbonyl (C=O) groups excluding carboxylic acids is 1. The molecule has 6 heteroatoms. The lowest BCUT2D eigenvalue weighted by Gasteiger charge is -2.37. The number of rotatable bonds is 8. The van der Waals surface area contributed by atoms with Crippen LogP contribution in [-0.2, 0) is 4.79 Å². The standard InChI is InChI=1S/C22H32N4O2/c1-3-18-9-8-10-19(15-18)26-20(28)16-24-21(23-4-2)25-17-22(13-14-27)11-6-5-7-12-22/h1,8-10,15,27H,4-7,11-14,16-17H2,2H3,(H,26,28)(H2,23,24,25). The highest BCUT2D eigenvalue weighted by molar-refractivity contribution is 5.94. The van der Waals surface area contributed by atoms with E-state index >= 15 is 0 Å². The second-order valence-corrected chi connectivity index (χ2v) is 7.36. The highest BCUT2D eigenvalue weighted by Gasteiger charge is 2.31. The zero-order chi connectivity index (χ0) is 20.2. The van der Waals surface area contributed by atoms with Crippen LogP contribution in [0.15, 0.2) is 29.3 Å². The normalized spacial score (nSPS) is 16.1. The van der Waals surface area contributed by atoms with E-state index in [2.05, 4.69) is 26.9 Å². The molecule has 0 saturated heterocycles. The number of hydrogen-bond donors (Lipinski definition) is 4. The first kappa shape index (κ1) is 21.8. The molecule has 0 aromatic heterocycles. The lowest BCUT2D eigenvalue weighted by molar-refractivity contribution is -0.114. The van der Waals surface area contributed by atoms with Gasteiger partial charge in [-0.25, -0.2) is 4.99 Å². The molecule has 1 aliphatic rings. The van der Waals surface area contributed by atoms with Crippen molar-refractivity contribution in [3.8, 4) is 12.3 Å². The van der Waals surface area contributed by atoms with Gasteiger partial charge in [-0.05, 0) is 49.8 Å². The van der Waals surface area contributed by atoms with Crippen molar-refractivity contribution in [3.05, 3.63) is 29.8 Å². The van der Waals surface area contributed by atoms with Gasteiger partial charge in [-0.2, -0.15) is 0 Å². The van der Waals surface area contributed by atoms with E-state index in [1.54, 1.807) is 12.1 Å². The Hall–Kier alpha value is -2.52. The Labute approximate surface area is 168 Å². The summed E-state index contributed by atoms with van der Waals surface area (Å²) in [7, 11) is 0. The van der Waals surface area contributed by atoms with E-state index in [0.717, 1.165) is 31.4 Å². The molecule has 1 amide bonds. The zero-order valence-electron chi connectivity index (χ0n) is 16.8. The molecular formula is C22H32N4O2. The summed E-state index contributed by atoms with van der Waals surface area (Å²) in [5, 5.41) is 18.8.